The van der Waals surface area contributed by atoms with Gasteiger partial charge in [-0.05, 0) is 36.8 Å². The quantitative estimate of drug-likeness (QED) is 0.346. The van der Waals surface area contributed by atoms with Gasteiger partial charge in [0.2, 0.25) is 5.91 Å². The molecular formula is C18H21AcN4O5S-. The number of benzene rings is 2. The van der Waals surface area contributed by atoms with Crippen molar-refractivity contribution in [2.45, 2.75) is 17.9 Å². The Hall–Kier alpha value is -1.51. The van der Waals surface area contributed by atoms with E-state index in [4.69, 9.17) is 5.73 Å². The minimum Gasteiger partial charge on any atom is -0.670 e. The smallest absolute Gasteiger partial charge is 0.261 e. The SMILES string of the molecule is Cc1ccc(NS(=O)(=O)c2ccccc2)cc1NC(=O)[C@H](CO)NC(=O)C[NH-].[Ac]. The molecule has 0 aliphatic rings. The van der Waals surface area contributed by atoms with Crippen LogP contribution in [0.25, 0.3) is 5.73 Å². The number of hydrogen-bond acceptors (Lipinski definition) is 5. The van der Waals surface area contributed by atoms with E-state index in [2.05, 4.69) is 15.4 Å². The van der Waals surface area contributed by atoms with Gasteiger partial charge in [-0.25, -0.2) is 8.42 Å². The summed E-state index contributed by atoms with van der Waals surface area (Å²) < 4.78 is 27.3. The third-order valence-corrected chi connectivity index (χ3v) is 5.19. The molecule has 1 atom stereocenters. The van der Waals surface area contributed by atoms with Gasteiger partial charge >= 0.3 is 0 Å². The van der Waals surface area contributed by atoms with Crippen LogP contribution in [0.4, 0.5) is 11.4 Å². The number of aliphatic hydroxyl groups is 1. The van der Waals surface area contributed by atoms with Crippen molar-refractivity contribution in [2.24, 2.45) is 0 Å². The molecule has 0 heterocycles. The van der Waals surface area contributed by atoms with Gasteiger partial charge in [0.15, 0.2) is 5.91 Å². The molecule has 5 N–H and O–H groups in total. The van der Waals surface area contributed by atoms with Crippen molar-refractivity contribution in [1.29, 1.82) is 0 Å². The second-order valence-electron chi connectivity index (χ2n) is 5.92. The number of aryl methyl sites for hydroxylation is 1. The van der Waals surface area contributed by atoms with Crippen LogP contribution >= 0.6 is 0 Å². The van der Waals surface area contributed by atoms with E-state index < -0.39 is 41.0 Å². The molecule has 0 bridgehead atoms. The minimum absolute atomic E-state index is 0. The summed E-state index contributed by atoms with van der Waals surface area (Å²) in [6.07, 6.45) is 0. The van der Waals surface area contributed by atoms with Crippen molar-refractivity contribution < 1.29 is 67.2 Å². The monoisotopic (exact) mass is 632 g/mol. The van der Waals surface area contributed by atoms with Crippen molar-refractivity contribution in [3.8, 4) is 0 Å². The van der Waals surface area contributed by atoms with E-state index in [1.807, 2.05) is 0 Å². The van der Waals surface area contributed by atoms with Gasteiger partial charge in [-0.3, -0.25) is 14.3 Å². The summed E-state index contributed by atoms with van der Waals surface area (Å²) in [7, 11) is -3.79. The number of nitrogens with one attached hydrogen (secondary N) is 4. The fraction of sp³-hybridized carbons (Fsp3) is 0.222. The van der Waals surface area contributed by atoms with Crippen LogP contribution in [0.1, 0.15) is 5.56 Å². The number of carbonyl (C=O) groups excluding carboxylic acids is 2. The Morgan fingerprint density at radius 3 is 2.38 bits per heavy atom. The van der Waals surface area contributed by atoms with E-state index in [1.54, 1.807) is 37.3 Å². The minimum atomic E-state index is -3.79. The number of amides is 2. The van der Waals surface area contributed by atoms with Gasteiger partial charge in [-0.1, -0.05) is 30.8 Å². The molecule has 153 valence electrons. The Morgan fingerprint density at radius 2 is 1.79 bits per heavy atom. The Morgan fingerprint density at radius 1 is 1.14 bits per heavy atom. The first kappa shape index (κ1) is 25.5. The van der Waals surface area contributed by atoms with Crippen molar-refractivity contribution in [1.82, 2.24) is 5.32 Å². The zero-order valence-corrected chi connectivity index (χ0v) is 21.2. The van der Waals surface area contributed by atoms with Crippen LogP contribution in [0.5, 0.6) is 0 Å². The van der Waals surface area contributed by atoms with Crippen LogP contribution in [0.3, 0.4) is 0 Å². The van der Waals surface area contributed by atoms with E-state index in [9.17, 15) is 23.1 Å². The predicted molar refractivity (Wildman–Crippen MR) is 105 cm³/mol. The number of aliphatic hydroxyl groups excluding tert-OH is 1. The molecule has 0 saturated heterocycles. The van der Waals surface area contributed by atoms with Crippen LogP contribution in [0.2, 0.25) is 0 Å². The van der Waals surface area contributed by atoms with Gasteiger partial charge in [0, 0.05) is 49.7 Å². The van der Waals surface area contributed by atoms with Gasteiger partial charge < -0.3 is 21.5 Å². The fourth-order valence-corrected chi connectivity index (χ4v) is 3.36. The number of rotatable bonds is 8. The molecule has 0 spiro atoms. The second kappa shape index (κ2) is 11.6. The standard InChI is InChI=1S/C18H21N4O5S.Ac/c1-12-7-8-13(22-28(26,27)14-5-3-2-4-6-14)9-15(12)21-18(25)16(11-23)20-17(24)10-19;/h2-9,16,19,22-23H,10-11H2,1H3,(H,20,24)(H,21,25);/q-1;/t16-;/m0./s1. The molecule has 29 heavy (non-hydrogen) atoms. The third kappa shape index (κ3) is 7.35. The fourth-order valence-electron chi connectivity index (χ4n) is 2.29. The van der Waals surface area contributed by atoms with Crippen molar-refractivity contribution in [3.63, 3.8) is 0 Å². The molecule has 2 aromatic rings. The maximum absolute atomic E-state index is 12.4. The van der Waals surface area contributed by atoms with Crippen LogP contribution in [0, 0.1) is 51.0 Å². The normalized spacial score (nSPS) is 11.7. The van der Waals surface area contributed by atoms with Gasteiger partial charge in [-0.15, -0.1) is 0 Å². The predicted octanol–water partition coefficient (Wildman–Crippen LogP) is 1.26. The zero-order valence-electron chi connectivity index (χ0n) is 15.7. The van der Waals surface area contributed by atoms with Gasteiger partial charge in [0.1, 0.15) is 6.04 Å². The van der Waals surface area contributed by atoms with Crippen LogP contribution in [-0.2, 0) is 19.6 Å². The van der Waals surface area contributed by atoms with E-state index in [0.717, 1.165) is 0 Å². The molecule has 9 nitrogen and oxygen atoms in total. The summed E-state index contributed by atoms with van der Waals surface area (Å²) in [5, 5.41) is 14.1. The van der Waals surface area contributed by atoms with Crippen LogP contribution in [-0.4, -0.2) is 44.5 Å². The first-order chi connectivity index (χ1) is 13.3. The van der Waals surface area contributed by atoms with Crippen molar-refractivity contribution in [3.05, 3.63) is 59.8 Å². The average molecular weight is 632 g/mol. The zero-order chi connectivity index (χ0) is 20.7. The summed E-state index contributed by atoms with van der Waals surface area (Å²) in [6, 6.07) is 11.2. The topological polar surface area (TPSA) is 148 Å². The van der Waals surface area contributed by atoms with Gasteiger partial charge in [-0.2, -0.15) is 0 Å². The molecular weight excluding hydrogens is 611 g/mol. The Labute approximate surface area is 205 Å². The molecule has 1 radical (unpaired) electrons. The summed E-state index contributed by atoms with van der Waals surface area (Å²) in [5.74, 6) is -1.38. The summed E-state index contributed by atoms with van der Waals surface area (Å²) in [4.78, 5) is 23.7. The largest absolute Gasteiger partial charge is 0.670 e. The molecule has 0 saturated carbocycles. The first-order valence-electron chi connectivity index (χ1n) is 8.31. The maximum Gasteiger partial charge on any atom is 0.261 e. The summed E-state index contributed by atoms with van der Waals surface area (Å²) >= 11 is 0. The molecule has 2 aromatic carbocycles. The van der Waals surface area contributed by atoms with E-state index in [0.29, 0.717) is 11.3 Å². The summed E-state index contributed by atoms with van der Waals surface area (Å²) in [6.45, 7) is 0.498. The number of sulfonamides is 1. The molecule has 0 fully saturated rings. The van der Waals surface area contributed by atoms with Crippen LogP contribution in [0.15, 0.2) is 53.4 Å². The molecule has 0 aliphatic carbocycles. The Balaban J connectivity index is 0.00000420. The number of anilines is 2. The number of hydrogen-bond donors (Lipinski definition) is 4. The maximum atomic E-state index is 12.4. The molecule has 2 rings (SSSR count). The van der Waals surface area contributed by atoms with Crippen LogP contribution < -0.4 is 15.4 Å². The Kier molecular flexibility index (Phi) is 10.2. The van der Waals surface area contributed by atoms with Crippen molar-refractivity contribution >= 4 is 33.2 Å². The first-order valence-corrected chi connectivity index (χ1v) is 9.79. The Bertz CT molecular complexity index is 954. The molecule has 0 aromatic heterocycles. The van der Waals surface area contributed by atoms with E-state index in [-0.39, 0.29) is 54.6 Å². The third-order valence-electron chi connectivity index (χ3n) is 3.80. The number of carbonyl (C=O) groups is 2. The molecule has 2 amide bonds. The van der Waals surface area contributed by atoms with E-state index >= 15 is 0 Å². The molecule has 11 heteroatoms. The summed E-state index contributed by atoms with van der Waals surface area (Å²) in [5.41, 5.74) is 8.17. The molecule has 0 unspecified atom stereocenters. The van der Waals surface area contributed by atoms with Gasteiger partial charge in [0.05, 0.1) is 17.2 Å². The average Bonchev–Trinajstić information content (AvgIpc) is 2.68. The van der Waals surface area contributed by atoms with E-state index in [1.165, 1.54) is 18.2 Å². The molecule has 0 aliphatic heterocycles. The second-order valence-corrected chi connectivity index (χ2v) is 7.60. The van der Waals surface area contributed by atoms with Crippen molar-refractivity contribution in [2.75, 3.05) is 23.2 Å². The van der Waals surface area contributed by atoms with Gasteiger partial charge in [0.25, 0.3) is 10.0 Å².